The van der Waals surface area contributed by atoms with E-state index < -0.39 is 0 Å². The first kappa shape index (κ1) is 9.33. The number of thiophene rings is 1. The zero-order valence-corrected chi connectivity index (χ0v) is 8.90. The van der Waals surface area contributed by atoms with Crippen molar-refractivity contribution in [1.29, 1.82) is 0 Å². The molecule has 0 saturated heterocycles. The van der Waals surface area contributed by atoms with Gasteiger partial charge < -0.3 is 4.90 Å². The van der Waals surface area contributed by atoms with Gasteiger partial charge in [-0.3, -0.25) is 0 Å². The first-order valence-corrected chi connectivity index (χ1v) is 4.91. The topological polar surface area (TPSA) is 3.24 Å². The molecule has 0 spiro atoms. The summed E-state index contributed by atoms with van der Waals surface area (Å²) in [6.07, 6.45) is 2.15. The molecule has 2 heteroatoms. The summed E-state index contributed by atoms with van der Waals surface area (Å²) in [6.45, 7) is 6.36. The number of nitrogens with zero attached hydrogens (tertiary/aromatic N) is 1. The van der Waals surface area contributed by atoms with Crippen molar-refractivity contribution < 1.29 is 0 Å². The lowest BCUT2D eigenvalue weighted by Gasteiger charge is -2.13. The Bertz CT molecular complexity index is 282. The van der Waals surface area contributed by atoms with Crippen LogP contribution in [0.15, 0.2) is 23.2 Å². The quantitative estimate of drug-likeness (QED) is 0.675. The minimum absolute atomic E-state index is 1.32. The van der Waals surface area contributed by atoms with Crippen LogP contribution in [0.25, 0.3) is 0 Å². The summed E-state index contributed by atoms with van der Waals surface area (Å²) < 4.78 is 0. The Morgan fingerprint density at radius 3 is 2.58 bits per heavy atom. The molecule has 12 heavy (non-hydrogen) atoms. The van der Waals surface area contributed by atoms with Gasteiger partial charge in [0, 0.05) is 13.2 Å². The lowest BCUT2D eigenvalue weighted by molar-refractivity contribution is 1.17. The SMILES string of the molecule is CC(C)=CN(C)c1sccc1C. The van der Waals surface area contributed by atoms with E-state index in [0.29, 0.717) is 0 Å². The first-order valence-electron chi connectivity index (χ1n) is 4.03. The van der Waals surface area contributed by atoms with Crippen LogP contribution in [0.1, 0.15) is 19.4 Å². The van der Waals surface area contributed by atoms with Crippen LogP contribution >= 0.6 is 11.3 Å². The number of allylic oxidation sites excluding steroid dienone is 1. The third-order valence-corrected chi connectivity index (χ3v) is 2.71. The van der Waals surface area contributed by atoms with E-state index in [1.807, 2.05) is 0 Å². The number of aryl methyl sites for hydroxylation is 1. The van der Waals surface area contributed by atoms with Gasteiger partial charge in [0.2, 0.25) is 0 Å². The Hall–Kier alpha value is -0.760. The number of hydrogen-bond acceptors (Lipinski definition) is 2. The Labute approximate surface area is 78.3 Å². The van der Waals surface area contributed by atoms with E-state index in [9.17, 15) is 0 Å². The number of rotatable bonds is 2. The lowest BCUT2D eigenvalue weighted by Crippen LogP contribution is -2.07. The molecule has 0 aliphatic heterocycles. The maximum atomic E-state index is 2.18. The molecule has 66 valence electrons. The summed E-state index contributed by atoms with van der Waals surface area (Å²) in [5.41, 5.74) is 2.67. The van der Waals surface area contributed by atoms with Crippen molar-refractivity contribution in [2.75, 3.05) is 11.9 Å². The van der Waals surface area contributed by atoms with Crippen molar-refractivity contribution in [3.05, 3.63) is 28.8 Å². The molecular weight excluding hydrogens is 166 g/mol. The summed E-state index contributed by atoms with van der Waals surface area (Å²) in [7, 11) is 2.09. The van der Waals surface area contributed by atoms with Crippen molar-refractivity contribution in [2.45, 2.75) is 20.8 Å². The Morgan fingerprint density at radius 1 is 1.50 bits per heavy atom. The van der Waals surface area contributed by atoms with Crippen LogP contribution < -0.4 is 4.90 Å². The summed E-state index contributed by atoms with van der Waals surface area (Å²) in [4.78, 5) is 2.18. The van der Waals surface area contributed by atoms with Crippen LogP contribution in [-0.4, -0.2) is 7.05 Å². The Balaban J connectivity index is 2.85. The van der Waals surface area contributed by atoms with Crippen LogP contribution in [0.3, 0.4) is 0 Å². The highest BCUT2D eigenvalue weighted by Crippen LogP contribution is 2.26. The molecule has 0 aromatic carbocycles. The van der Waals surface area contributed by atoms with Crippen LogP contribution in [0.2, 0.25) is 0 Å². The highest BCUT2D eigenvalue weighted by atomic mass is 32.1. The van der Waals surface area contributed by atoms with E-state index in [-0.39, 0.29) is 0 Å². The van der Waals surface area contributed by atoms with Crippen molar-refractivity contribution in [3.63, 3.8) is 0 Å². The normalized spacial score (nSPS) is 9.67. The minimum Gasteiger partial charge on any atom is -0.343 e. The van der Waals surface area contributed by atoms with Crippen molar-refractivity contribution in [1.82, 2.24) is 0 Å². The average molecular weight is 181 g/mol. The van der Waals surface area contributed by atoms with Crippen molar-refractivity contribution in [2.24, 2.45) is 0 Å². The monoisotopic (exact) mass is 181 g/mol. The molecule has 0 saturated carbocycles. The molecule has 0 bridgehead atoms. The van der Waals surface area contributed by atoms with Crippen molar-refractivity contribution >= 4 is 16.3 Å². The second-order valence-electron chi connectivity index (χ2n) is 3.23. The second-order valence-corrected chi connectivity index (χ2v) is 4.12. The molecule has 0 atom stereocenters. The van der Waals surface area contributed by atoms with E-state index in [2.05, 4.69) is 50.4 Å². The van der Waals surface area contributed by atoms with Crippen LogP contribution in [0, 0.1) is 6.92 Å². The molecule has 0 amide bonds. The van der Waals surface area contributed by atoms with Crippen LogP contribution in [0.5, 0.6) is 0 Å². The highest BCUT2D eigenvalue weighted by molar-refractivity contribution is 7.14. The van der Waals surface area contributed by atoms with E-state index in [4.69, 9.17) is 0 Å². The fourth-order valence-corrected chi connectivity index (χ4v) is 2.05. The van der Waals surface area contributed by atoms with Gasteiger partial charge in [-0.2, -0.15) is 0 Å². The summed E-state index contributed by atoms with van der Waals surface area (Å²) in [5, 5.41) is 3.45. The van der Waals surface area contributed by atoms with E-state index in [0.717, 1.165) is 0 Å². The van der Waals surface area contributed by atoms with E-state index in [1.54, 1.807) is 11.3 Å². The molecule has 1 aromatic rings. The Kier molecular flexibility index (Phi) is 2.93. The predicted octanol–water partition coefficient (Wildman–Crippen LogP) is 3.42. The van der Waals surface area contributed by atoms with Gasteiger partial charge in [0.15, 0.2) is 0 Å². The molecule has 0 unspecified atom stereocenters. The molecule has 1 rings (SSSR count). The molecule has 0 aliphatic carbocycles. The highest BCUT2D eigenvalue weighted by Gasteiger charge is 2.01. The predicted molar refractivity (Wildman–Crippen MR) is 56.9 cm³/mol. The molecule has 0 fully saturated rings. The number of anilines is 1. The second kappa shape index (κ2) is 3.76. The fraction of sp³-hybridized carbons (Fsp3) is 0.400. The van der Waals surface area contributed by atoms with Gasteiger partial charge in [-0.1, -0.05) is 5.57 Å². The van der Waals surface area contributed by atoms with E-state index >= 15 is 0 Å². The molecule has 1 heterocycles. The van der Waals surface area contributed by atoms with Gasteiger partial charge in [-0.05, 0) is 37.8 Å². The lowest BCUT2D eigenvalue weighted by atomic mass is 10.3. The largest absolute Gasteiger partial charge is 0.343 e. The van der Waals surface area contributed by atoms with Crippen molar-refractivity contribution in [3.8, 4) is 0 Å². The smallest absolute Gasteiger partial charge is 0.0975 e. The van der Waals surface area contributed by atoms with Crippen LogP contribution in [0.4, 0.5) is 5.00 Å². The summed E-state index contributed by atoms with van der Waals surface area (Å²) in [6, 6.07) is 2.15. The molecule has 0 radical (unpaired) electrons. The third kappa shape index (κ3) is 2.11. The third-order valence-electron chi connectivity index (χ3n) is 1.61. The summed E-state index contributed by atoms with van der Waals surface area (Å²) >= 11 is 1.78. The maximum absolute atomic E-state index is 2.18. The zero-order chi connectivity index (χ0) is 9.14. The first-order chi connectivity index (χ1) is 5.61. The molecule has 1 nitrogen and oxygen atoms in total. The van der Waals surface area contributed by atoms with Gasteiger partial charge in [0.05, 0.1) is 5.00 Å². The van der Waals surface area contributed by atoms with Gasteiger partial charge in [-0.25, -0.2) is 0 Å². The fourth-order valence-electron chi connectivity index (χ4n) is 1.17. The van der Waals surface area contributed by atoms with Gasteiger partial charge in [0.1, 0.15) is 0 Å². The minimum atomic E-state index is 1.32. The van der Waals surface area contributed by atoms with Gasteiger partial charge in [0.25, 0.3) is 0 Å². The van der Waals surface area contributed by atoms with Gasteiger partial charge >= 0.3 is 0 Å². The number of hydrogen-bond donors (Lipinski definition) is 0. The average Bonchev–Trinajstić information content (AvgIpc) is 2.33. The van der Waals surface area contributed by atoms with Gasteiger partial charge in [-0.15, -0.1) is 11.3 Å². The molecule has 0 aliphatic rings. The van der Waals surface area contributed by atoms with E-state index in [1.165, 1.54) is 16.1 Å². The zero-order valence-electron chi connectivity index (χ0n) is 8.09. The standard InChI is InChI=1S/C10H15NS/c1-8(2)7-11(4)10-9(3)5-6-12-10/h5-7H,1-4H3. The maximum Gasteiger partial charge on any atom is 0.0975 e. The van der Waals surface area contributed by atoms with Crippen LogP contribution in [-0.2, 0) is 0 Å². The molecular formula is C10H15NS. The molecule has 1 aromatic heterocycles. The Morgan fingerprint density at radius 2 is 2.17 bits per heavy atom. The summed E-state index contributed by atoms with van der Waals surface area (Å²) in [5.74, 6) is 0. The molecule has 0 N–H and O–H groups in total.